The molecule has 0 amide bonds. The number of carbonyl (C=O) groups is 2. The van der Waals surface area contributed by atoms with E-state index in [-0.39, 0.29) is 29.6 Å². The molecule has 4 aliphatic carbocycles. The number of methoxy groups -OCH3 is 1. The first-order valence-electron chi connectivity index (χ1n) is 13.8. The van der Waals surface area contributed by atoms with Gasteiger partial charge in [-0.1, -0.05) is 32.4 Å². The molecule has 0 aromatic carbocycles. The maximum absolute atomic E-state index is 12.1. The summed E-state index contributed by atoms with van der Waals surface area (Å²) >= 11 is 0. The average molecular weight is 487 g/mol. The molecule has 0 aromatic rings. The molecule has 0 spiro atoms. The number of hydrogen-bond donors (Lipinski definition) is 0. The number of fused-ring (bicyclic) bond motifs is 5. The first kappa shape index (κ1) is 26.3. The Balaban J connectivity index is 1.56. The van der Waals surface area contributed by atoms with Crippen LogP contribution in [0.4, 0.5) is 0 Å². The molecule has 0 heterocycles. The van der Waals surface area contributed by atoms with Crippen LogP contribution in [0.3, 0.4) is 0 Å². The Morgan fingerprint density at radius 2 is 1.86 bits per heavy atom. The lowest BCUT2D eigenvalue weighted by atomic mass is 9.46. The van der Waals surface area contributed by atoms with E-state index in [4.69, 9.17) is 14.2 Å². The molecule has 5 nitrogen and oxygen atoms in total. The van der Waals surface area contributed by atoms with E-state index in [0.717, 1.165) is 31.1 Å². The van der Waals surface area contributed by atoms with E-state index in [0.29, 0.717) is 29.6 Å². The summed E-state index contributed by atoms with van der Waals surface area (Å²) in [6.07, 6.45) is 15.8. The van der Waals surface area contributed by atoms with E-state index in [1.54, 1.807) is 13.4 Å². The maximum atomic E-state index is 12.1. The Morgan fingerprint density at radius 3 is 2.54 bits per heavy atom. The Kier molecular flexibility index (Phi) is 7.74. The molecular formula is C30H46O5. The van der Waals surface area contributed by atoms with Crippen LogP contribution in [-0.4, -0.2) is 31.3 Å². The van der Waals surface area contributed by atoms with E-state index in [2.05, 4.69) is 32.9 Å². The van der Waals surface area contributed by atoms with Crippen LogP contribution >= 0.6 is 0 Å². The van der Waals surface area contributed by atoms with E-state index >= 15 is 0 Å². The second kappa shape index (κ2) is 10.3. The minimum Gasteiger partial charge on any atom is -0.505 e. The maximum Gasteiger partial charge on any atom is 0.302 e. The lowest BCUT2D eigenvalue weighted by molar-refractivity contribution is -0.172. The van der Waals surface area contributed by atoms with E-state index in [1.807, 2.05) is 0 Å². The second-order valence-electron chi connectivity index (χ2n) is 12.3. The largest absolute Gasteiger partial charge is 0.505 e. The van der Waals surface area contributed by atoms with Crippen LogP contribution in [0.2, 0.25) is 0 Å². The van der Waals surface area contributed by atoms with E-state index in [1.165, 1.54) is 51.5 Å². The van der Waals surface area contributed by atoms with Gasteiger partial charge >= 0.3 is 11.9 Å². The van der Waals surface area contributed by atoms with Crippen LogP contribution in [-0.2, 0) is 23.8 Å². The first-order valence-corrected chi connectivity index (χ1v) is 13.8. The fraction of sp³-hybridized carbons (Fsp3) is 0.800. The van der Waals surface area contributed by atoms with Gasteiger partial charge in [0.05, 0.1) is 13.4 Å². The zero-order valence-electron chi connectivity index (χ0n) is 22.7. The molecule has 35 heavy (non-hydrogen) atoms. The third-order valence-corrected chi connectivity index (χ3v) is 10.6. The van der Waals surface area contributed by atoms with Gasteiger partial charge in [0, 0.05) is 32.1 Å². The summed E-state index contributed by atoms with van der Waals surface area (Å²) in [4.78, 5) is 23.8. The van der Waals surface area contributed by atoms with Gasteiger partial charge in [0.2, 0.25) is 0 Å². The zero-order chi connectivity index (χ0) is 25.4. The molecule has 9 atom stereocenters. The topological polar surface area (TPSA) is 61.8 Å². The number of esters is 2. The van der Waals surface area contributed by atoms with Crippen molar-refractivity contribution in [1.82, 2.24) is 0 Å². The van der Waals surface area contributed by atoms with Gasteiger partial charge in [-0.2, -0.15) is 0 Å². The van der Waals surface area contributed by atoms with Crippen molar-refractivity contribution in [1.29, 1.82) is 0 Å². The minimum atomic E-state index is -0.258. The van der Waals surface area contributed by atoms with Crippen molar-refractivity contribution in [3.8, 4) is 0 Å². The van der Waals surface area contributed by atoms with Crippen molar-refractivity contribution in [3.63, 3.8) is 0 Å². The molecule has 5 heteroatoms. The molecule has 0 radical (unpaired) electrons. The molecule has 4 aliphatic rings. The Hall–Kier alpha value is -1.78. The van der Waals surface area contributed by atoms with Crippen molar-refractivity contribution >= 4 is 11.9 Å². The van der Waals surface area contributed by atoms with Crippen molar-refractivity contribution in [2.45, 2.75) is 105 Å². The molecular weight excluding hydrogens is 440 g/mol. The highest BCUT2D eigenvalue weighted by Crippen LogP contribution is 2.67. The lowest BCUT2D eigenvalue weighted by Crippen LogP contribution is -2.57. The van der Waals surface area contributed by atoms with E-state index < -0.39 is 0 Å². The molecule has 3 saturated carbocycles. The van der Waals surface area contributed by atoms with Crippen molar-refractivity contribution in [2.75, 3.05) is 7.11 Å². The predicted molar refractivity (Wildman–Crippen MR) is 136 cm³/mol. The third kappa shape index (κ3) is 4.81. The fourth-order valence-electron chi connectivity index (χ4n) is 9.05. The highest BCUT2D eigenvalue weighted by molar-refractivity contribution is 5.67. The summed E-state index contributed by atoms with van der Waals surface area (Å²) in [5.41, 5.74) is 1.57. The second-order valence-corrected chi connectivity index (χ2v) is 12.3. The van der Waals surface area contributed by atoms with Crippen LogP contribution in [0.15, 0.2) is 24.0 Å². The quantitative estimate of drug-likeness (QED) is 0.230. The molecule has 0 bridgehead atoms. The number of rotatable bonds is 7. The number of allylic oxidation sites excluding steroid dienone is 2. The van der Waals surface area contributed by atoms with Crippen LogP contribution in [0, 0.1) is 40.4 Å². The van der Waals surface area contributed by atoms with Crippen LogP contribution in [0.5, 0.6) is 0 Å². The van der Waals surface area contributed by atoms with Crippen molar-refractivity contribution in [2.24, 2.45) is 40.4 Å². The van der Waals surface area contributed by atoms with Crippen LogP contribution in [0.25, 0.3) is 0 Å². The Labute approximate surface area is 212 Å². The summed E-state index contributed by atoms with van der Waals surface area (Å²) in [6, 6.07) is 0. The molecule has 196 valence electrons. The SMILES string of the molecule is COC=CCC[C@@H](C)[C@H]1CC[C@H]2[C@@H]3CC=C4C[C@@H](OC(C)=O)C[C@H](OC(C)=O)[C@]4(C)[C@H]3CC[C@]12C. The van der Waals surface area contributed by atoms with Crippen molar-refractivity contribution < 1.29 is 23.8 Å². The molecule has 0 saturated heterocycles. The fourth-order valence-corrected chi connectivity index (χ4v) is 9.05. The summed E-state index contributed by atoms with van der Waals surface area (Å²) in [5, 5.41) is 0. The van der Waals surface area contributed by atoms with E-state index in [9.17, 15) is 9.59 Å². The lowest BCUT2D eigenvalue weighted by Gasteiger charge is -2.60. The summed E-state index contributed by atoms with van der Waals surface area (Å²) < 4.78 is 16.7. The van der Waals surface area contributed by atoms with Crippen LogP contribution < -0.4 is 0 Å². The number of ether oxygens (including phenoxy) is 3. The summed E-state index contributed by atoms with van der Waals surface area (Å²) in [6.45, 7) is 10.3. The highest BCUT2D eigenvalue weighted by Gasteiger charge is 2.62. The van der Waals surface area contributed by atoms with Gasteiger partial charge in [-0.15, -0.1) is 0 Å². The molecule has 0 unspecified atom stereocenters. The van der Waals surface area contributed by atoms with Crippen molar-refractivity contribution in [3.05, 3.63) is 24.0 Å². The zero-order valence-corrected chi connectivity index (χ0v) is 22.7. The molecule has 0 aromatic heterocycles. The van der Waals surface area contributed by atoms with Gasteiger partial charge < -0.3 is 14.2 Å². The molecule has 3 fully saturated rings. The van der Waals surface area contributed by atoms with Gasteiger partial charge in [-0.05, 0) is 86.0 Å². The van der Waals surface area contributed by atoms with Gasteiger partial charge in [0.25, 0.3) is 0 Å². The molecule has 0 aliphatic heterocycles. The molecule has 4 rings (SSSR count). The standard InChI is InChI=1S/C30H46O5/c1-19(9-7-8-16-33-6)25-12-13-26-24-11-10-22-17-23(34-20(2)31)18-28(35-21(3)32)30(22,5)27(24)14-15-29(25,26)4/h8,10,16,19,23-28H,7,9,11-15,17-18H2,1-6H3/t19-,23-,24+,25-,26+,27+,28+,29-,30+/m1/s1. The van der Waals surface area contributed by atoms with Gasteiger partial charge in [0.1, 0.15) is 12.2 Å². The number of carbonyl (C=O) groups excluding carboxylic acids is 2. The Bertz CT molecular complexity index is 861. The summed E-state index contributed by atoms with van der Waals surface area (Å²) in [7, 11) is 1.71. The number of hydrogen-bond acceptors (Lipinski definition) is 5. The summed E-state index contributed by atoms with van der Waals surface area (Å²) in [5.74, 6) is 2.86. The smallest absolute Gasteiger partial charge is 0.302 e. The third-order valence-electron chi connectivity index (χ3n) is 10.6. The predicted octanol–water partition coefficient (Wildman–Crippen LogP) is 6.62. The highest BCUT2D eigenvalue weighted by atomic mass is 16.6. The minimum absolute atomic E-state index is 0.165. The van der Waals surface area contributed by atoms with Crippen LogP contribution in [0.1, 0.15) is 92.4 Å². The average Bonchev–Trinajstić information content (AvgIpc) is 3.14. The van der Waals surface area contributed by atoms with Gasteiger partial charge in [-0.3, -0.25) is 9.59 Å². The molecule has 0 N–H and O–H groups in total. The first-order chi connectivity index (χ1) is 16.6. The Morgan fingerprint density at radius 1 is 1.11 bits per heavy atom. The van der Waals surface area contributed by atoms with Gasteiger partial charge in [0.15, 0.2) is 0 Å². The normalized spacial score (nSPS) is 41.3. The monoisotopic (exact) mass is 486 g/mol. The van der Waals surface area contributed by atoms with Gasteiger partial charge in [-0.25, -0.2) is 0 Å².